The first-order valence-corrected chi connectivity index (χ1v) is 5.51. The largest absolute Gasteiger partial charge is 0.0883 e. The Morgan fingerprint density at radius 1 is 1.08 bits per heavy atom. The Labute approximate surface area is 78.1 Å². The molecule has 0 heteroatoms. The van der Waals surface area contributed by atoms with Crippen molar-refractivity contribution in [2.24, 2.45) is 5.92 Å². The zero-order chi connectivity index (χ0) is 9.23. The number of allylic oxidation sites excluding steroid dienone is 2. The molecule has 0 amide bonds. The summed E-state index contributed by atoms with van der Waals surface area (Å²) in [7, 11) is 0. The van der Waals surface area contributed by atoms with E-state index in [0.29, 0.717) is 0 Å². The van der Waals surface area contributed by atoms with Gasteiger partial charge in [-0.2, -0.15) is 0 Å². The monoisotopic (exact) mass is 168 g/mol. The van der Waals surface area contributed by atoms with Gasteiger partial charge in [0.15, 0.2) is 0 Å². The summed E-state index contributed by atoms with van der Waals surface area (Å²) in [5.41, 5.74) is 0. The summed E-state index contributed by atoms with van der Waals surface area (Å²) >= 11 is 0. The average Bonchev–Trinajstić information content (AvgIpc) is 2.11. The molecule has 72 valence electrons. The normalized spacial score (nSPS) is 13.9. The molecule has 0 aliphatic heterocycles. The summed E-state index contributed by atoms with van der Waals surface area (Å²) in [4.78, 5) is 0. The Kier molecular flexibility index (Phi) is 8.64. The maximum atomic E-state index is 2.42. The fourth-order valence-corrected chi connectivity index (χ4v) is 1.36. The van der Waals surface area contributed by atoms with E-state index in [9.17, 15) is 0 Å². The van der Waals surface area contributed by atoms with Gasteiger partial charge in [-0.25, -0.2) is 0 Å². The predicted molar refractivity (Wildman–Crippen MR) is 57.4 cm³/mol. The van der Waals surface area contributed by atoms with E-state index in [-0.39, 0.29) is 0 Å². The van der Waals surface area contributed by atoms with Crippen molar-refractivity contribution in [3.8, 4) is 0 Å². The van der Waals surface area contributed by atoms with Crippen LogP contribution in [0, 0.1) is 5.92 Å². The molecule has 0 aromatic rings. The first-order chi connectivity index (χ1) is 5.85. The van der Waals surface area contributed by atoms with Crippen LogP contribution in [0.25, 0.3) is 0 Å². The van der Waals surface area contributed by atoms with Crippen LogP contribution in [0.15, 0.2) is 12.2 Å². The molecule has 0 heterocycles. The molecular weight excluding hydrogens is 144 g/mol. The van der Waals surface area contributed by atoms with Gasteiger partial charge >= 0.3 is 0 Å². The maximum absolute atomic E-state index is 2.42. The predicted octanol–water partition coefficient (Wildman–Crippen LogP) is 4.56. The van der Waals surface area contributed by atoms with Gasteiger partial charge in [-0.1, -0.05) is 52.2 Å². The lowest BCUT2D eigenvalue weighted by Gasteiger charge is -2.07. The molecule has 0 saturated carbocycles. The first kappa shape index (κ1) is 11.7. The fraction of sp³-hybridized carbons (Fsp3) is 0.833. The SMILES string of the molecule is CCC/C=C\C(CC)CCCC. The highest BCUT2D eigenvalue weighted by Crippen LogP contribution is 2.14. The highest BCUT2D eigenvalue weighted by Gasteiger charge is 1.99. The van der Waals surface area contributed by atoms with Crippen molar-refractivity contribution in [3.05, 3.63) is 12.2 Å². The Hall–Kier alpha value is -0.260. The van der Waals surface area contributed by atoms with Crippen LogP contribution in [0.3, 0.4) is 0 Å². The van der Waals surface area contributed by atoms with E-state index < -0.39 is 0 Å². The topological polar surface area (TPSA) is 0 Å². The van der Waals surface area contributed by atoms with Crippen molar-refractivity contribution in [1.29, 1.82) is 0 Å². The van der Waals surface area contributed by atoms with Crippen LogP contribution in [0.4, 0.5) is 0 Å². The van der Waals surface area contributed by atoms with E-state index in [0.717, 1.165) is 5.92 Å². The Morgan fingerprint density at radius 2 is 1.83 bits per heavy atom. The summed E-state index contributed by atoms with van der Waals surface area (Å²) in [6.07, 6.45) is 12.7. The third kappa shape index (κ3) is 6.45. The van der Waals surface area contributed by atoms with Gasteiger partial charge in [-0.3, -0.25) is 0 Å². The molecule has 1 unspecified atom stereocenters. The minimum absolute atomic E-state index is 0.844. The third-order valence-electron chi connectivity index (χ3n) is 2.32. The second-order valence-electron chi connectivity index (χ2n) is 3.53. The van der Waals surface area contributed by atoms with Crippen molar-refractivity contribution < 1.29 is 0 Å². The van der Waals surface area contributed by atoms with E-state index >= 15 is 0 Å². The molecule has 0 saturated heterocycles. The number of hydrogen-bond donors (Lipinski definition) is 0. The molecule has 0 fully saturated rings. The van der Waals surface area contributed by atoms with Gasteiger partial charge in [0, 0.05) is 0 Å². The van der Waals surface area contributed by atoms with Crippen molar-refractivity contribution >= 4 is 0 Å². The van der Waals surface area contributed by atoms with E-state index in [1.54, 1.807) is 0 Å². The van der Waals surface area contributed by atoms with Gasteiger partial charge in [0.2, 0.25) is 0 Å². The van der Waals surface area contributed by atoms with Gasteiger partial charge in [0.05, 0.1) is 0 Å². The van der Waals surface area contributed by atoms with Crippen LogP contribution >= 0.6 is 0 Å². The molecule has 0 bridgehead atoms. The molecule has 0 aliphatic rings. The van der Waals surface area contributed by atoms with Crippen LogP contribution in [-0.2, 0) is 0 Å². The minimum atomic E-state index is 0.844. The fourth-order valence-electron chi connectivity index (χ4n) is 1.36. The molecule has 0 aromatic carbocycles. The lowest BCUT2D eigenvalue weighted by atomic mass is 9.98. The van der Waals surface area contributed by atoms with Crippen LogP contribution in [0.1, 0.15) is 59.3 Å². The standard InChI is InChI=1S/C12H24/c1-4-7-9-11-12(6-3)10-8-5-2/h9,11-12H,4-8,10H2,1-3H3/b11-9-. The zero-order valence-corrected chi connectivity index (χ0v) is 8.97. The molecule has 0 nitrogen and oxygen atoms in total. The average molecular weight is 168 g/mol. The zero-order valence-electron chi connectivity index (χ0n) is 8.97. The van der Waals surface area contributed by atoms with Gasteiger partial charge in [0.25, 0.3) is 0 Å². The van der Waals surface area contributed by atoms with E-state index in [2.05, 4.69) is 32.9 Å². The lowest BCUT2D eigenvalue weighted by Crippen LogP contribution is -1.93. The number of rotatable bonds is 7. The maximum Gasteiger partial charge on any atom is -0.0236 e. The van der Waals surface area contributed by atoms with Crippen molar-refractivity contribution in [2.45, 2.75) is 59.3 Å². The Bertz CT molecular complexity index is 103. The molecule has 0 spiro atoms. The number of unbranched alkanes of at least 4 members (excludes halogenated alkanes) is 2. The highest BCUT2D eigenvalue weighted by atomic mass is 14.0. The van der Waals surface area contributed by atoms with E-state index in [1.165, 1.54) is 38.5 Å². The van der Waals surface area contributed by atoms with Crippen LogP contribution in [0.5, 0.6) is 0 Å². The molecule has 0 rings (SSSR count). The summed E-state index contributed by atoms with van der Waals surface area (Å²) in [5, 5.41) is 0. The van der Waals surface area contributed by atoms with Gasteiger partial charge in [0.1, 0.15) is 0 Å². The molecule has 12 heavy (non-hydrogen) atoms. The van der Waals surface area contributed by atoms with Crippen molar-refractivity contribution in [3.63, 3.8) is 0 Å². The minimum Gasteiger partial charge on any atom is -0.0883 e. The Morgan fingerprint density at radius 3 is 2.33 bits per heavy atom. The van der Waals surface area contributed by atoms with Crippen molar-refractivity contribution in [2.75, 3.05) is 0 Å². The molecular formula is C12H24. The van der Waals surface area contributed by atoms with Crippen LogP contribution in [0.2, 0.25) is 0 Å². The molecule has 0 aromatic heterocycles. The van der Waals surface area contributed by atoms with Gasteiger partial charge in [-0.15, -0.1) is 0 Å². The second-order valence-corrected chi connectivity index (χ2v) is 3.53. The highest BCUT2D eigenvalue weighted by molar-refractivity contribution is 4.87. The first-order valence-electron chi connectivity index (χ1n) is 5.51. The Balaban J connectivity index is 3.51. The summed E-state index contributed by atoms with van der Waals surface area (Å²) in [6.45, 7) is 6.79. The molecule has 0 aliphatic carbocycles. The quantitative estimate of drug-likeness (QED) is 0.489. The van der Waals surface area contributed by atoms with E-state index in [4.69, 9.17) is 0 Å². The summed E-state index contributed by atoms with van der Waals surface area (Å²) < 4.78 is 0. The summed E-state index contributed by atoms with van der Waals surface area (Å²) in [5.74, 6) is 0.844. The van der Waals surface area contributed by atoms with Gasteiger partial charge in [-0.05, 0) is 25.2 Å². The molecule has 1 atom stereocenters. The third-order valence-corrected chi connectivity index (χ3v) is 2.32. The van der Waals surface area contributed by atoms with Crippen LogP contribution < -0.4 is 0 Å². The smallest absolute Gasteiger partial charge is 0.0236 e. The van der Waals surface area contributed by atoms with Crippen LogP contribution in [-0.4, -0.2) is 0 Å². The number of hydrogen-bond acceptors (Lipinski definition) is 0. The molecule has 0 radical (unpaired) electrons. The molecule has 0 N–H and O–H groups in total. The van der Waals surface area contributed by atoms with Gasteiger partial charge < -0.3 is 0 Å². The van der Waals surface area contributed by atoms with E-state index in [1.807, 2.05) is 0 Å². The van der Waals surface area contributed by atoms with Crippen molar-refractivity contribution in [1.82, 2.24) is 0 Å². The second kappa shape index (κ2) is 8.83. The lowest BCUT2D eigenvalue weighted by molar-refractivity contribution is 0.539. The summed E-state index contributed by atoms with van der Waals surface area (Å²) in [6, 6.07) is 0.